The lowest BCUT2D eigenvalue weighted by atomic mass is 10.1. The molecule has 0 aliphatic rings. The molecule has 5 nitrogen and oxygen atoms in total. The van der Waals surface area contributed by atoms with E-state index in [2.05, 4.69) is 4.98 Å². The van der Waals surface area contributed by atoms with Gasteiger partial charge in [-0.1, -0.05) is 6.07 Å². The number of nitro benzene ring substituents is 1. The number of aryl methyl sites for hydroxylation is 1. The maximum absolute atomic E-state index is 11.0. The highest BCUT2D eigenvalue weighted by molar-refractivity contribution is 5.94. The summed E-state index contributed by atoms with van der Waals surface area (Å²) >= 11 is 0. The topological polar surface area (TPSA) is 65.3 Å². The van der Waals surface area contributed by atoms with Crippen LogP contribution in [0.2, 0.25) is 0 Å². The lowest BCUT2D eigenvalue weighted by molar-refractivity contribution is -0.383. The number of hydrogen-bond donors (Lipinski definition) is 0. The third kappa shape index (κ3) is 1.46. The van der Waals surface area contributed by atoms with Gasteiger partial charge in [0.05, 0.1) is 17.5 Å². The van der Waals surface area contributed by atoms with Gasteiger partial charge in [-0.2, -0.15) is 0 Å². The minimum atomic E-state index is -0.401. The molecule has 0 aliphatic carbocycles. The van der Waals surface area contributed by atoms with E-state index in [9.17, 15) is 10.1 Å². The Labute approximate surface area is 91.8 Å². The first-order valence-corrected chi connectivity index (χ1v) is 4.72. The summed E-state index contributed by atoms with van der Waals surface area (Å²) in [5.41, 5.74) is 1.22. The van der Waals surface area contributed by atoms with E-state index in [1.165, 1.54) is 7.11 Å². The van der Waals surface area contributed by atoms with Crippen LogP contribution in [0.15, 0.2) is 24.4 Å². The Morgan fingerprint density at radius 1 is 1.38 bits per heavy atom. The Morgan fingerprint density at radius 3 is 2.75 bits per heavy atom. The minimum Gasteiger partial charge on any atom is -0.496 e. The van der Waals surface area contributed by atoms with Gasteiger partial charge >= 0.3 is 0 Å². The molecule has 1 aromatic heterocycles. The van der Waals surface area contributed by atoms with Crippen LogP contribution in [0.5, 0.6) is 5.75 Å². The molecule has 0 spiro atoms. The molecule has 2 rings (SSSR count). The molecule has 1 heterocycles. The summed E-state index contributed by atoms with van der Waals surface area (Å²) in [7, 11) is 1.49. The molecule has 0 amide bonds. The fourth-order valence-corrected chi connectivity index (χ4v) is 1.71. The highest BCUT2D eigenvalue weighted by Crippen LogP contribution is 2.34. The third-order valence-corrected chi connectivity index (χ3v) is 2.45. The standard InChI is InChI=1S/C11H10N2O3/c1-7-3-4-8-10(11(7)13(14)15)9(16-2)5-6-12-8/h3-6H,1-2H3. The number of methoxy groups -OCH3 is 1. The van der Waals surface area contributed by atoms with E-state index < -0.39 is 4.92 Å². The van der Waals surface area contributed by atoms with Gasteiger partial charge in [-0.15, -0.1) is 0 Å². The van der Waals surface area contributed by atoms with Crippen LogP contribution < -0.4 is 4.74 Å². The van der Waals surface area contributed by atoms with Crippen LogP contribution in [0.3, 0.4) is 0 Å². The Hall–Kier alpha value is -2.17. The van der Waals surface area contributed by atoms with Crippen molar-refractivity contribution in [2.45, 2.75) is 6.92 Å². The van der Waals surface area contributed by atoms with E-state index in [1.54, 1.807) is 31.3 Å². The highest BCUT2D eigenvalue weighted by Gasteiger charge is 2.19. The molecule has 82 valence electrons. The SMILES string of the molecule is COc1ccnc2ccc(C)c([N+](=O)[O-])c12. The summed E-state index contributed by atoms with van der Waals surface area (Å²) in [5, 5.41) is 11.5. The van der Waals surface area contributed by atoms with Crippen molar-refractivity contribution >= 4 is 16.6 Å². The maximum atomic E-state index is 11.0. The Bertz CT molecular complexity index is 566. The van der Waals surface area contributed by atoms with Gasteiger partial charge in [0, 0.05) is 11.8 Å². The number of benzene rings is 1. The number of ether oxygens (including phenoxy) is 1. The second-order valence-electron chi connectivity index (χ2n) is 3.40. The van der Waals surface area contributed by atoms with Crippen LogP contribution in [0.4, 0.5) is 5.69 Å². The summed E-state index contributed by atoms with van der Waals surface area (Å²) in [6.45, 7) is 1.70. The number of aromatic nitrogens is 1. The molecule has 0 aliphatic heterocycles. The molecule has 0 saturated heterocycles. The van der Waals surface area contributed by atoms with Crippen LogP contribution in [0.25, 0.3) is 10.9 Å². The first-order chi connectivity index (χ1) is 7.65. The lowest BCUT2D eigenvalue weighted by Crippen LogP contribution is -1.96. The quantitative estimate of drug-likeness (QED) is 0.573. The fraction of sp³-hybridized carbons (Fsp3) is 0.182. The number of pyridine rings is 1. The second-order valence-corrected chi connectivity index (χ2v) is 3.40. The number of nitrogens with zero attached hydrogens (tertiary/aromatic N) is 2. The molecule has 0 bridgehead atoms. The Kier molecular flexibility index (Phi) is 2.44. The molecular formula is C11H10N2O3. The zero-order valence-electron chi connectivity index (χ0n) is 8.93. The van der Waals surface area contributed by atoms with E-state index in [1.807, 2.05) is 0 Å². The Balaban J connectivity index is 2.94. The fourth-order valence-electron chi connectivity index (χ4n) is 1.71. The third-order valence-electron chi connectivity index (χ3n) is 2.45. The van der Waals surface area contributed by atoms with Crippen molar-refractivity contribution in [2.75, 3.05) is 7.11 Å². The van der Waals surface area contributed by atoms with Gasteiger partial charge in [0.1, 0.15) is 11.1 Å². The summed E-state index contributed by atoms with van der Waals surface area (Å²) in [4.78, 5) is 14.7. The van der Waals surface area contributed by atoms with E-state index in [0.717, 1.165) is 0 Å². The van der Waals surface area contributed by atoms with Gasteiger partial charge in [0.25, 0.3) is 5.69 Å². The second kappa shape index (κ2) is 3.77. The van der Waals surface area contributed by atoms with Crippen molar-refractivity contribution in [3.05, 3.63) is 40.1 Å². The first kappa shape index (κ1) is 10.4. The van der Waals surface area contributed by atoms with Crippen molar-refractivity contribution in [3.8, 4) is 5.75 Å². The molecule has 5 heteroatoms. The van der Waals surface area contributed by atoms with Crippen molar-refractivity contribution in [1.29, 1.82) is 0 Å². The number of rotatable bonds is 2. The average molecular weight is 218 g/mol. The van der Waals surface area contributed by atoms with Crippen LogP contribution in [-0.2, 0) is 0 Å². The molecule has 0 N–H and O–H groups in total. The van der Waals surface area contributed by atoms with Gasteiger partial charge in [0.2, 0.25) is 0 Å². The van der Waals surface area contributed by atoms with Crippen LogP contribution in [0.1, 0.15) is 5.56 Å². The molecule has 0 fully saturated rings. The van der Waals surface area contributed by atoms with E-state index in [-0.39, 0.29) is 5.69 Å². The molecule has 0 atom stereocenters. The van der Waals surface area contributed by atoms with Gasteiger partial charge in [0.15, 0.2) is 0 Å². The summed E-state index contributed by atoms with van der Waals surface area (Å²) < 4.78 is 5.13. The van der Waals surface area contributed by atoms with E-state index >= 15 is 0 Å². The van der Waals surface area contributed by atoms with Crippen molar-refractivity contribution in [3.63, 3.8) is 0 Å². The van der Waals surface area contributed by atoms with Crippen LogP contribution in [-0.4, -0.2) is 17.0 Å². The summed E-state index contributed by atoms with van der Waals surface area (Å²) in [6.07, 6.45) is 1.57. The number of fused-ring (bicyclic) bond motifs is 1. The zero-order chi connectivity index (χ0) is 11.7. The first-order valence-electron chi connectivity index (χ1n) is 4.72. The summed E-state index contributed by atoms with van der Waals surface area (Å²) in [5.74, 6) is 0.473. The van der Waals surface area contributed by atoms with Crippen LogP contribution in [0, 0.1) is 17.0 Å². The monoisotopic (exact) mass is 218 g/mol. The summed E-state index contributed by atoms with van der Waals surface area (Å²) in [6, 6.07) is 5.06. The minimum absolute atomic E-state index is 0.0578. The van der Waals surface area contributed by atoms with Crippen LogP contribution >= 0.6 is 0 Å². The molecule has 0 radical (unpaired) electrons. The maximum Gasteiger partial charge on any atom is 0.285 e. The smallest absolute Gasteiger partial charge is 0.285 e. The molecule has 0 unspecified atom stereocenters. The average Bonchev–Trinajstić information content (AvgIpc) is 2.27. The molecule has 16 heavy (non-hydrogen) atoms. The predicted molar refractivity (Wildman–Crippen MR) is 59.7 cm³/mol. The van der Waals surface area contributed by atoms with Crippen molar-refractivity contribution in [2.24, 2.45) is 0 Å². The lowest BCUT2D eigenvalue weighted by Gasteiger charge is -2.06. The van der Waals surface area contributed by atoms with Gasteiger partial charge < -0.3 is 4.74 Å². The van der Waals surface area contributed by atoms with E-state index in [0.29, 0.717) is 22.2 Å². The number of nitro groups is 1. The predicted octanol–water partition coefficient (Wildman–Crippen LogP) is 2.46. The largest absolute Gasteiger partial charge is 0.496 e. The molecule has 2 aromatic rings. The molecular weight excluding hydrogens is 208 g/mol. The zero-order valence-corrected chi connectivity index (χ0v) is 8.93. The molecule has 0 saturated carbocycles. The normalized spacial score (nSPS) is 10.4. The Morgan fingerprint density at radius 2 is 2.12 bits per heavy atom. The van der Waals surface area contributed by atoms with Crippen molar-refractivity contribution < 1.29 is 9.66 Å². The van der Waals surface area contributed by atoms with Gasteiger partial charge in [-0.3, -0.25) is 15.1 Å². The highest BCUT2D eigenvalue weighted by atomic mass is 16.6. The molecule has 1 aromatic carbocycles. The van der Waals surface area contributed by atoms with Gasteiger partial charge in [-0.05, 0) is 19.1 Å². The van der Waals surface area contributed by atoms with Gasteiger partial charge in [-0.25, -0.2) is 0 Å². The number of hydrogen-bond acceptors (Lipinski definition) is 4. The van der Waals surface area contributed by atoms with Crippen molar-refractivity contribution in [1.82, 2.24) is 4.98 Å². The van der Waals surface area contributed by atoms with E-state index in [4.69, 9.17) is 4.74 Å².